The number of hydrogen-bond acceptors (Lipinski definition) is 2. The Hall–Kier alpha value is -2.05. The first-order chi connectivity index (χ1) is 10.3. The number of alkyl halides is 3. The third-order valence-electron chi connectivity index (χ3n) is 4.00. The van der Waals surface area contributed by atoms with Crippen molar-refractivity contribution in [2.24, 2.45) is 5.92 Å². The molecule has 1 aliphatic heterocycles. The molecule has 0 aromatic heterocycles. The van der Waals surface area contributed by atoms with Crippen molar-refractivity contribution < 1.29 is 22.8 Å². The molecule has 1 saturated carbocycles. The van der Waals surface area contributed by atoms with Gasteiger partial charge in [0.2, 0.25) is 11.8 Å². The van der Waals surface area contributed by atoms with Crippen LogP contribution in [-0.4, -0.2) is 29.3 Å². The Labute approximate surface area is 125 Å². The second-order valence-corrected chi connectivity index (χ2v) is 5.74. The minimum absolute atomic E-state index is 0.0185. The molecule has 2 fully saturated rings. The zero-order chi connectivity index (χ0) is 15.9. The zero-order valence-corrected chi connectivity index (χ0v) is 11.7. The highest BCUT2D eigenvalue weighted by Crippen LogP contribution is 2.33. The maximum absolute atomic E-state index is 12.5. The van der Waals surface area contributed by atoms with Gasteiger partial charge in [-0.1, -0.05) is 0 Å². The van der Waals surface area contributed by atoms with E-state index in [9.17, 15) is 22.8 Å². The average Bonchev–Trinajstić information content (AvgIpc) is 3.21. The monoisotopic (exact) mass is 312 g/mol. The van der Waals surface area contributed by atoms with E-state index in [2.05, 4.69) is 5.32 Å². The Kier molecular flexibility index (Phi) is 3.58. The summed E-state index contributed by atoms with van der Waals surface area (Å²) < 4.78 is 37.4. The summed E-state index contributed by atoms with van der Waals surface area (Å²) in [7, 11) is 0. The quantitative estimate of drug-likeness (QED) is 0.933. The number of rotatable bonds is 3. The van der Waals surface area contributed by atoms with E-state index in [0.29, 0.717) is 12.2 Å². The molecule has 1 aromatic rings. The third kappa shape index (κ3) is 3.08. The van der Waals surface area contributed by atoms with Gasteiger partial charge in [0.25, 0.3) is 0 Å². The number of carbonyl (C=O) groups excluding carboxylic acids is 2. The van der Waals surface area contributed by atoms with Crippen molar-refractivity contribution in [1.82, 2.24) is 4.90 Å². The number of carbonyl (C=O) groups is 2. The number of benzene rings is 1. The molecule has 7 heteroatoms. The first-order valence-electron chi connectivity index (χ1n) is 7.12. The molecule has 4 nitrogen and oxygen atoms in total. The van der Waals surface area contributed by atoms with Crippen molar-refractivity contribution >= 4 is 17.5 Å². The van der Waals surface area contributed by atoms with Gasteiger partial charge in [-0.3, -0.25) is 9.59 Å². The summed E-state index contributed by atoms with van der Waals surface area (Å²) in [5.74, 6) is -0.776. The lowest BCUT2D eigenvalue weighted by Crippen LogP contribution is -2.29. The summed E-state index contributed by atoms with van der Waals surface area (Å²) in [4.78, 5) is 25.7. The summed E-state index contributed by atoms with van der Waals surface area (Å²) >= 11 is 0. The van der Waals surface area contributed by atoms with Gasteiger partial charge in [-0.2, -0.15) is 13.2 Å². The SMILES string of the molecule is O=C(Nc1ccc(C(F)(F)F)cc1)C1CC(=O)N(C2CC2)C1. The smallest absolute Gasteiger partial charge is 0.339 e. The summed E-state index contributed by atoms with van der Waals surface area (Å²) in [6.45, 7) is 0.399. The lowest BCUT2D eigenvalue weighted by atomic mass is 10.1. The topological polar surface area (TPSA) is 49.4 Å². The van der Waals surface area contributed by atoms with E-state index in [1.54, 1.807) is 4.90 Å². The average molecular weight is 312 g/mol. The minimum Gasteiger partial charge on any atom is -0.339 e. The molecule has 0 bridgehead atoms. The molecule has 1 N–H and O–H groups in total. The molecule has 1 atom stereocenters. The van der Waals surface area contributed by atoms with Crippen LogP contribution >= 0.6 is 0 Å². The Balaban J connectivity index is 1.61. The van der Waals surface area contributed by atoms with Crippen LogP contribution in [0.4, 0.5) is 18.9 Å². The van der Waals surface area contributed by atoms with E-state index < -0.39 is 17.7 Å². The second-order valence-electron chi connectivity index (χ2n) is 5.74. The Morgan fingerprint density at radius 3 is 2.36 bits per heavy atom. The normalized spacial score (nSPS) is 22.0. The first-order valence-corrected chi connectivity index (χ1v) is 7.12. The van der Waals surface area contributed by atoms with E-state index >= 15 is 0 Å². The van der Waals surface area contributed by atoms with E-state index in [1.807, 2.05) is 0 Å². The Morgan fingerprint density at radius 2 is 1.82 bits per heavy atom. The number of nitrogens with zero attached hydrogens (tertiary/aromatic N) is 1. The summed E-state index contributed by atoms with van der Waals surface area (Å²) in [6, 6.07) is 4.56. The molecular formula is C15H15F3N2O2. The standard InChI is InChI=1S/C15H15F3N2O2/c16-15(17,18)10-1-3-11(4-2-10)19-14(22)9-7-13(21)20(8-9)12-5-6-12/h1-4,9,12H,5-8H2,(H,19,22). The number of nitrogens with one attached hydrogen (secondary N) is 1. The van der Waals surface area contributed by atoms with Crippen LogP contribution in [0.2, 0.25) is 0 Å². The number of halogens is 3. The van der Waals surface area contributed by atoms with E-state index in [0.717, 1.165) is 25.0 Å². The van der Waals surface area contributed by atoms with Crippen molar-refractivity contribution in [3.8, 4) is 0 Å². The largest absolute Gasteiger partial charge is 0.416 e. The van der Waals surface area contributed by atoms with Gasteiger partial charge in [-0.15, -0.1) is 0 Å². The van der Waals surface area contributed by atoms with E-state index in [-0.39, 0.29) is 24.3 Å². The fourth-order valence-corrected chi connectivity index (χ4v) is 2.63. The van der Waals surface area contributed by atoms with Gasteiger partial charge in [-0.05, 0) is 37.1 Å². The van der Waals surface area contributed by atoms with Gasteiger partial charge >= 0.3 is 6.18 Å². The van der Waals surface area contributed by atoms with Crippen LogP contribution in [-0.2, 0) is 15.8 Å². The number of likely N-dealkylation sites (tertiary alicyclic amines) is 1. The van der Waals surface area contributed by atoms with Crippen molar-refractivity contribution in [2.45, 2.75) is 31.5 Å². The fourth-order valence-electron chi connectivity index (χ4n) is 2.63. The van der Waals surface area contributed by atoms with Gasteiger partial charge in [0.05, 0.1) is 11.5 Å². The molecule has 1 aromatic carbocycles. The van der Waals surface area contributed by atoms with Crippen LogP contribution in [0.5, 0.6) is 0 Å². The molecule has 2 amide bonds. The van der Waals surface area contributed by atoms with Gasteiger partial charge in [0, 0.05) is 24.7 Å². The second kappa shape index (κ2) is 5.30. The van der Waals surface area contributed by atoms with Crippen LogP contribution in [0.15, 0.2) is 24.3 Å². The lowest BCUT2D eigenvalue weighted by molar-refractivity contribution is -0.137. The third-order valence-corrected chi connectivity index (χ3v) is 4.00. The Bertz CT molecular complexity index is 594. The van der Waals surface area contributed by atoms with Crippen LogP contribution in [0.3, 0.4) is 0 Å². The molecule has 1 aliphatic carbocycles. The molecule has 0 spiro atoms. The summed E-state index contributed by atoms with van der Waals surface area (Å²) in [6.07, 6.45) is -2.26. The highest BCUT2D eigenvalue weighted by molar-refractivity contribution is 5.97. The van der Waals surface area contributed by atoms with Gasteiger partial charge in [0.1, 0.15) is 0 Å². The molecule has 118 valence electrons. The van der Waals surface area contributed by atoms with E-state index in [4.69, 9.17) is 0 Å². The number of anilines is 1. The molecule has 1 saturated heterocycles. The Morgan fingerprint density at radius 1 is 1.18 bits per heavy atom. The van der Waals surface area contributed by atoms with Crippen molar-refractivity contribution in [3.63, 3.8) is 0 Å². The predicted octanol–water partition coefficient (Wildman–Crippen LogP) is 2.65. The van der Waals surface area contributed by atoms with Crippen molar-refractivity contribution in [1.29, 1.82) is 0 Å². The predicted molar refractivity (Wildman–Crippen MR) is 72.9 cm³/mol. The highest BCUT2D eigenvalue weighted by atomic mass is 19.4. The summed E-state index contributed by atoms with van der Waals surface area (Å²) in [5, 5.41) is 2.58. The molecule has 22 heavy (non-hydrogen) atoms. The van der Waals surface area contributed by atoms with E-state index in [1.165, 1.54) is 12.1 Å². The maximum Gasteiger partial charge on any atom is 0.416 e. The van der Waals surface area contributed by atoms with Crippen molar-refractivity contribution in [3.05, 3.63) is 29.8 Å². The molecule has 2 aliphatic rings. The zero-order valence-electron chi connectivity index (χ0n) is 11.7. The van der Waals surface area contributed by atoms with Gasteiger partial charge in [0.15, 0.2) is 0 Å². The van der Waals surface area contributed by atoms with Crippen LogP contribution in [0.25, 0.3) is 0 Å². The molecule has 0 radical (unpaired) electrons. The number of amides is 2. The lowest BCUT2D eigenvalue weighted by Gasteiger charge is -2.15. The molecular weight excluding hydrogens is 297 g/mol. The molecule has 3 rings (SSSR count). The highest BCUT2D eigenvalue weighted by Gasteiger charge is 2.41. The van der Waals surface area contributed by atoms with Crippen molar-refractivity contribution in [2.75, 3.05) is 11.9 Å². The molecule has 1 unspecified atom stereocenters. The maximum atomic E-state index is 12.5. The van der Waals surface area contributed by atoms with Crippen LogP contribution < -0.4 is 5.32 Å². The summed E-state index contributed by atoms with van der Waals surface area (Å²) in [5.41, 5.74) is -0.461. The van der Waals surface area contributed by atoms with Crippen LogP contribution in [0.1, 0.15) is 24.8 Å². The van der Waals surface area contributed by atoms with Gasteiger partial charge in [-0.25, -0.2) is 0 Å². The first kappa shape index (κ1) is 14.9. The minimum atomic E-state index is -4.40. The fraction of sp³-hybridized carbons (Fsp3) is 0.467. The molecule has 1 heterocycles. The van der Waals surface area contributed by atoms with Crippen LogP contribution in [0, 0.1) is 5.92 Å². The van der Waals surface area contributed by atoms with Gasteiger partial charge < -0.3 is 10.2 Å². The number of hydrogen-bond donors (Lipinski definition) is 1.